The van der Waals surface area contributed by atoms with Gasteiger partial charge in [0.15, 0.2) is 0 Å². The molecule has 0 saturated heterocycles. The highest BCUT2D eigenvalue weighted by Crippen LogP contribution is 2.61. The van der Waals surface area contributed by atoms with Crippen molar-refractivity contribution in [3.05, 3.63) is 30.3 Å². The molecule has 4 fully saturated rings. The summed E-state index contributed by atoms with van der Waals surface area (Å²) in [6.45, 7) is 0. The lowest BCUT2D eigenvalue weighted by Gasteiger charge is -2.46. The largest absolute Gasteiger partial charge is 0.469 e. The number of hydrogen-bond donors (Lipinski definition) is 0. The summed E-state index contributed by atoms with van der Waals surface area (Å²) in [6, 6.07) is 10.6. The van der Waals surface area contributed by atoms with Crippen molar-refractivity contribution in [2.24, 2.45) is 23.7 Å². The van der Waals surface area contributed by atoms with Crippen molar-refractivity contribution < 1.29 is 9.53 Å². The van der Waals surface area contributed by atoms with E-state index in [1.807, 2.05) is 11.8 Å². The van der Waals surface area contributed by atoms with Crippen molar-refractivity contribution >= 4 is 17.7 Å². The van der Waals surface area contributed by atoms with Crippen LogP contribution in [0.4, 0.5) is 0 Å². The number of methoxy groups -OCH3 is 1. The molecule has 0 spiro atoms. The molecular formula is C19H24O2S. The highest BCUT2D eigenvalue weighted by Gasteiger charge is 2.55. The van der Waals surface area contributed by atoms with E-state index in [0.29, 0.717) is 0 Å². The zero-order valence-electron chi connectivity index (χ0n) is 13.2. The first-order valence-electron chi connectivity index (χ1n) is 8.50. The number of carbonyl (C=O) groups excluding carboxylic acids is 1. The van der Waals surface area contributed by atoms with Gasteiger partial charge in [0.05, 0.1) is 13.0 Å². The van der Waals surface area contributed by atoms with Crippen molar-refractivity contribution in [1.82, 2.24) is 0 Å². The standard InChI is InChI=1S/C19H24O2S/c1-21-18(20)17-10-13-7-14-9-15(8-13)12-19(17,11-14)22-16-5-3-2-4-6-16/h2-6,13-15,17H,7-12H2,1H3/t13?,14-,15+,17?,19?. The molecule has 3 unspecified atom stereocenters. The smallest absolute Gasteiger partial charge is 0.310 e. The molecule has 0 radical (unpaired) electrons. The quantitative estimate of drug-likeness (QED) is 0.766. The summed E-state index contributed by atoms with van der Waals surface area (Å²) in [4.78, 5) is 13.8. The molecule has 5 rings (SSSR count). The summed E-state index contributed by atoms with van der Waals surface area (Å²) in [5, 5.41) is 0. The summed E-state index contributed by atoms with van der Waals surface area (Å²) in [7, 11) is 1.55. The Labute approximate surface area is 137 Å². The first-order chi connectivity index (χ1) is 10.7. The Bertz CT molecular complexity index is 542. The minimum absolute atomic E-state index is 0.0247. The monoisotopic (exact) mass is 316 g/mol. The number of benzene rings is 1. The molecule has 4 bridgehead atoms. The van der Waals surface area contributed by atoms with E-state index in [4.69, 9.17) is 4.74 Å². The fourth-order valence-corrected chi connectivity index (χ4v) is 7.19. The molecule has 5 atom stereocenters. The molecular weight excluding hydrogens is 292 g/mol. The lowest BCUT2D eigenvalue weighted by molar-refractivity contribution is -0.147. The number of esters is 1. The van der Waals surface area contributed by atoms with E-state index >= 15 is 0 Å². The molecule has 1 aromatic rings. The van der Waals surface area contributed by atoms with Crippen LogP contribution in [0.3, 0.4) is 0 Å². The lowest BCUT2D eigenvalue weighted by atomic mass is 9.67. The number of rotatable bonds is 3. The van der Waals surface area contributed by atoms with E-state index in [2.05, 4.69) is 30.3 Å². The van der Waals surface area contributed by atoms with Crippen LogP contribution in [0.15, 0.2) is 35.2 Å². The zero-order valence-corrected chi connectivity index (χ0v) is 14.0. The minimum atomic E-state index is 0.0247. The van der Waals surface area contributed by atoms with Gasteiger partial charge in [-0.15, -0.1) is 11.8 Å². The summed E-state index contributed by atoms with van der Waals surface area (Å²) in [6.07, 6.45) is 7.49. The van der Waals surface area contributed by atoms with Crippen LogP contribution in [0.5, 0.6) is 0 Å². The van der Waals surface area contributed by atoms with Gasteiger partial charge in [0.2, 0.25) is 0 Å². The molecule has 0 N–H and O–H groups in total. The van der Waals surface area contributed by atoms with Crippen LogP contribution in [0, 0.1) is 23.7 Å². The number of thioether (sulfide) groups is 1. The van der Waals surface area contributed by atoms with Gasteiger partial charge in [-0.2, -0.15) is 0 Å². The molecule has 4 aliphatic carbocycles. The Morgan fingerprint density at radius 3 is 2.32 bits per heavy atom. The Morgan fingerprint density at radius 1 is 1.05 bits per heavy atom. The van der Waals surface area contributed by atoms with E-state index in [-0.39, 0.29) is 16.6 Å². The highest BCUT2D eigenvalue weighted by atomic mass is 32.2. The third-order valence-electron chi connectivity index (χ3n) is 6.02. The number of ether oxygens (including phenoxy) is 1. The molecule has 0 aliphatic heterocycles. The van der Waals surface area contributed by atoms with Crippen LogP contribution in [0.1, 0.15) is 38.5 Å². The average Bonchev–Trinajstić information content (AvgIpc) is 2.68. The number of carbonyl (C=O) groups is 1. The number of hydrogen-bond acceptors (Lipinski definition) is 3. The third kappa shape index (κ3) is 2.47. The van der Waals surface area contributed by atoms with E-state index in [1.54, 1.807) is 7.11 Å². The van der Waals surface area contributed by atoms with Gasteiger partial charge in [0.25, 0.3) is 0 Å². The van der Waals surface area contributed by atoms with Gasteiger partial charge in [0, 0.05) is 9.64 Å². The Kier molecular flexibility index (Phi) is 3.72. The van der Waals surface area contributed by atoms with Gasteiger partial charge in [-0.1, -0.05) is 18.2 Å². The maximum atomic E-state index is 12.5. The molecule has 0 amide bonds. The maximum Gasteiger partial charge on any atom is 0.310 e. The lowest BCUT2D eigenvalue weighted by Crippen LogP contribution is -2.44. The van der Waals surface area contributed by atoms with Crippen LogP contribution < -0.4 is 0 Å². The minimum Gasteiger partial charge on any atom is -0.469 e. The van der Waals surface area contributed by atoms with E-state index < -0.39 is 0 Å². The SMILES string of the molecule is COC(=O)C1CC2C[C@@H]3C[C@H](C2)CC1(Sc1ccccc1)C3. The van der Waals surface area contributed by atoms with Crippen LogP contribution in [-0.4, -0.2) is 17.8 Å². The fraction of sp³-hybridized carbons (Fsp3) is 0.632. The van der Waals surface area contributed by atoms with Gasteiger partial charge in [-0.3, -0.25) is 4.79 Å². The normalized spacial score (nSPS) is 39.5. The van der Waals surface area contributed by atoms with E-state index in [9.17, 15) is 4.79 Å². The summed E-state index contributed by atoms with van der Waals surface area (Å²) < 4.78 is 5.28. The average molecular weight is 316 g/mol. The molecule has 3 heteroatoms. The predicted octanol–water partition coefficient (Wildman–Crippen LogP) is 4.54. The van der Waals surface area contributed by atoms with Crippen molar-refractivity contribution in [3.63, 3.8) is 0 Å². The summed E-state index contributed by atoms with van der Waals surface area (Å²) in [5.41, 5.74) is 0. The second kappa shape index (κ2) is 5.59. The first kappa shape index (κ1) is 14.6. The molecule has 1 aromatic carbocycles. The van der Waals surface area contributed by atoms with Crippen molar-refractivity contribution in [1.29, 1.82) is 0 Å². The van der Waals surface area contributed by atoms with Crippen LogP contribution in [0.25, 0.3) is 0 Å². The van der Waals surface area contributed by atoms with E-state index in [1.165, 1.54) is 37.0 Å². The third-order valence-corrected chi connectivity index (χ3v) is 7.55. The molecule has 4 aliphatic rings. The van der Waals surface area contributed by atoms with Crippen LogP contribution >= 0.6 is 11.8 Å². The Hall–Kier alpha value is -0.960. The second-order valence-electron chi connectivity index (χ2n) is 7.50. The van der Waals surface area contributed by atoms with Gasteiger partial charge in [-0.25, -0.2) is 0 Å². The topological polar surface area (TPSA) is 26.3 Å². The predicted molar refractivity (Wildman–Crippen MR) is 88.7 cm³/mol. The van der Waals surface area contributed by atoms with E-state index in [0.717, 1.165) is 24.2 Å². The summed E-state index contributed by atoms with van der Waals surface area (Å²) in [5.74, 6) is 2.49. The molecule has 22 heavy (non-hydrogen) atoms. The van der Waals surface area contributed by atoms with Crippen LogP contribution in [-0.2, 0) is 9.53 Å². The van der Waals surface area contributed by atoms with Crippen molar-refractivity contribution in [2.75, 3.05) is 7.11 Å². The van der Waals surface area contributed by atoms with Gasteiger partial charge in [0.1, 0.15) is 0 Å². The van der Waals surface area contributed by atoms with Gasteiger partial charge >= 0.3 is 5.97 Å². The maximum absolute atomic E-state index is 12.5. The van der Waals surface area contributed by atoms with Gasteiger partial charge in [-0.05, 0) is 68.4 Å². The van der Waals surface area contributed by atoms with Crippen molar-refractivity contribution in [3.8, 4) is 0 Å². The second-order valence-corrected chi connectivity index (χ2v) is 8.99. The molecule has 0 aromatic heterocycles. The highest BCUT2D eigenvalue weighted by molar-refractivity contribution is 8.00. The first-order valence-corrected chi connectivity index (χ1v) is 9.32. The number of fused-ring (bicyclic) bond motifs is 1. The Morgan fingerprint density at radius 2 is 1.68 bits per heavy atom. The fourth-order valence-electron chi connectivity index (χ4n) is 5.45. The summed E-state index contributed by atoms with van der Waals surface area (Å²) >= 11 is 1.96. The molecule has 118 valence electrons. The molecule has 2 nitrogen and oxygen atoms in total. The zero-order chi connectivity index (χ0) is 15.2. The Balaban J connectivity index is 1.72. The van der Waals surface area contributed by atoms with Crippen LogP contribution in [0.2, 0.25) is 0 Å². The van der Waals surface area contributed by atoms with Crippen molar-refractivity contribution in [2.45, 2.75) is 48.2 Å². The molecule has 4 saturated carbocycles. The van der Waals surface area contributed by atoms with Gasteiger partial charge < -0.3 is 4.74 Å². The molecule has 0 heterocycles.